The molecule has 0 saturated heterocycles. The first-order valence-electron chi connectivity index (χ1n) is 8.30. The van der Waals surface area contributed by atoms with Gasteiger partial charge in [-0.05, 0) is 30.0 Å². The van der Waals surface area contributed by atoms with Gasteiger partial charge in [0.25, 0.3) is 0 Å². The van der Waals surface area contributed by atoms with Gasteiger partial charge in [0.2, 0.25) is 0 Å². The van der Waals surface area contributed by atoms with E-state index in [1.54, 1.807) is 17.7 Å². The van der Waals surface area contributed by atoms with Gasteiger partial charge in [0, 0.05) is 23.4 Å². The zero-order valence-electron chi connectivity index (χ0n) is 13.4. The van der Waals surface area contributed by atoms with Gasteiger partial charge in [0.1, 0.15) is 12.1 Å². The first-order valence-corrected chi connectivity index (χ1v) is 9.18. The van der Waals surface area contributed by atoms with Crippen molar-refractivity contribution >= 4 is 17.2 Å². The molecule has 1 aliphatic rings. The summed E-state index contributed by atoms with van der Waals surface area (Å²) < 4.78 is 0. The number of hydrogen-bond acceptors (Lipinski definition) is 5. The summed E-state index contributed by atoms with van der Waals surface area (Å²) in [5.74, 6) is 0.964. The predicted octanol–water partition coefficient (Wildman–Crippen LogP) is 3.43. The van der Waals surface area contributed by atoms with Crippen molar-refractivity contribution in [3.63, 3.8) is 0 Å². The zero-order chi connectivity index (χ0) is 16.2. The molecular formula is C19H20N4S. The van der Waals surface area contributed by atoms with Crippen LogP contribution >= 0.6 is 11.3 Å². The first-order chi connectivity index (χ1) is 11.9. The fourth-order valence-corrected chi connectivity index (χ4v) is 3.96. The maximum Gasteiger partial charge on any atom is 0.133 e. The summed E-state index contributed by atoms with van der Waals surface area (Å²) in [6.07, 6.45) is 3.61. The second-order valence-electron chi connectivity index (χ2n) is 5.90. The third kappa shape index (κ3) is 3.18. The Morgan fingerprint density at radius 1 is 1.00 bits per heavy atom. The van der Waals surface area contributed by atoms with Crippen molar-refractivity contribution < 1.29 is 0 Å². The van der Waals surface area contributed by atoms with Gasteiger partial charge in [-0.15, -0.1) is 11.3 Å². The molecule has 0 radical (unpaired) electrons. The fraction of sp³-hybridized carbons (Fsp3) is 0.263. The van der Waals surface area contributed by atoms with E-state index in [-0.39, 0.29) is 6.04 Å². The maximum atomic E-state index is 4.56. The summed E-state index contributed by atoms with van der Waals surface area (Å²) in [5.41, 5.74) is 3.66. The van der Waals surface area contributed by atoms with Crippen molar-refractivity contribution in [1.82, 2.24) is 15.3 Å². The quantitative estimate of drug-likeness (QED) is 0.766. The van der Waals surface area contributed by atoms with E-state index in [0.29, 0.717) is 0 Å². The highest BCUT2D eigenvalue weighted by atomic mass is 32.1. The van der Waals surface area contributed by atoms with Crippen molar-refractivity contribution in [3.8, 4) is 0 Å². The molecule has 4 rings (SSSR count). The van der Waals surface area contributed by atoms with Crippen LogP contribution < -0.4 is 10.6 Å². The van der Waals surface area contributed by atoms with Crippen LogP contribution in [0.5, 0.6) is 0 Å². The Bertz CT molecular complexity index is 786. The standard InChI is InChI=1S/C19H20N4S/c1-2-5-14(6-3-1)18(17-7-4-12-24-17)23-19-15-8-10-20-11-9-16(15)21-13-22-19/h1-7,12-13,18,20H,8-11H2,(H,21,22,23). The number of nitrogens with zero attached hydrogens (tertiary/aromatic N) is 2. The molecule has 1 atom stereocenters. The molecule has 1 unspecified atom stereocenters. The van der Waals surface area contributed by atoms with Crippen LogP contribution in [0, 0.1) is 0 Å². The number of thiophene rings is 1. The van der Waals surface area contributed by atoms with E-state index in [4.69, 9.17) is 0 Å². The Hall–Kier alpha value is -2.24. The summed E-state index contributed by atoms with van der Waals surface area (Å²) in [4.78, 5) is 10.3. The largest absolute Gasteiger partial charge is 0.358 e. The average molecular weight is 336 g/mol. The molecule has 0 amide bonds. The number of aromatic nitrogens is 2. The minimum atomic E-state index is 0.112. The van der Waals surface area contributed by atoms with Crippen molar-refractivity contribution in [3.05, 3.63) is 75.9 Å². The molecule has 0 saturated carbocycles. The number of anilines is 1. The van der Waals surface area contributed by atoms with Gasteiger partial charge >= 0.3 is 0 Å². The molecule has 24 heavy (non-hydrogen) atoms. The highest BCUT2D eigenvalue weighted by Crippen LogP contribution is 2.31. The maximum absolute atomic E-state index is 4.56. The van der Waals surface area contributed by atoms with Crippen molar-refractivity contribution in [2.24, 2.45) is 0 Å². The summed E-state index contributed by atoms with van der Waals surface area (Å²) in [5, 5.41) is 9.25. The SMILES string of the molecule is c1ccc(C(Nc2ncnc3c2CCNCC3)c2cccs2)cc1. The Labute approximate surface area is 146 Å². The first kappa shape index (κ1) is 15.3. The van der Waals surface area contributed by atoms with Crippen LogP contribution in [0.15, 0.2) is 54.2 Å². The van der Waals surface area contributed by atoms with Crippen molar-refractivity contribution in [2.75, 3.05) is 18.4 Å². The number of rotatable bonds is 4. The van der Waals surface area contributed by atoms with Gasteiger partial charge in [-0.25, -0.2) is 9.97 Å². The van der Waals surface area contributed by atoms with E-state index < -0.39 is 0 Å². The van der Waals surface area contributed by atoms with E-state index in [1.807, 2.05) is 0 Å². The fourth-order valence-electron chi connectivity index (χ4n) is 3.15. The van der Waals surface area contributed by atoms with E-state index in [1.165, 1.54) is 16.0 Å². The zero-order valence-corrected chi connectivity index (χ0v) is 14.2. The average Bonchev–Trinajstić information content (AvgIpc) is 3.05. The molecule has 1 aliphatic heterocycles. The smallest absolute Gasteiger partial charge is 0.133 e. The molecule has 3 aromatic rings. The lowest BCUT2D eigenvalue weighted by Crippen LogP contribution is -2.17. The van der Waals surface area contributed by atoms with Gasteiger partial charge in [0.15, 0.2) is 0 Å². The van der Waals surface area contributed by atoms with Gasteiger partial charge in [-0.3, -0.25) is 0 Å². The monoisotopic (exact) mass is 336 g/mol. The van der Waals surface area contributed by atoms with Crippen LogP contribution in [-0.2, 0) is 12.8 Å². The lowest BCUT2D eigenvalue weighted by atomic mass is 10.0. The van der Waals surface area contributed by atoms with E-state index >= 15 is 0 Å². The van der Waals surface area contributed by atoms with E-state index in [2.05, 4.69) is 68.4 Å². The number of nitrogens with one attached hydrogen (secondary N) is 2. The molecule has 3 heterocycles. The minimum absolute atomic E-state index is 0.112. The molecule has 2 N–H and O–H groups in total. The molecule has 2 aromatic heterocycles. The van der Waals surface area contributed by atoms with Crippen molar-refractivity contribution in [1.29, 1.82) is 0 Å². The highest BCUT2D eigenvalue weighted by Gasteiger charge is 2.20. The Balaban J connectivity index is 1.71. The number of fused-ring (bicyclic) bond motifs is 1. The third-order valence-electron chi connectivity index (χ3n) is 4.37. The summed E-state index contributed by atoms with van der Waals surface area (Å²) in [6, 6.07) is 14.9. The van der Waals surface area contributed by atoms with E-state index in [9.17, 15) is 0 Å². The number of benzene rings is 1. The van der Waals surface area contributed by atoms with Crippen LogP contribution in [-0.4, -0.2) is 23.1 Å². The molecular weight excluding hydrogens is 316 g/mol. The second kappa shape index (κ2) is 7.11. The van der Waals surface area contributed by atoms with Crippen LogP contribution in [0.25, 0.3) is 0 Å². The topological polar surface area (TPSA) is 49.8 Å². The Morgan fingerprint density at radius 3 is 2.71 bits per heavy atom. The highest BCUT2D eigenvalue weighted by molar-refractivity contribution is 7.10. The van der Waals surface area contributed by atoms with Crippen LogP contribution in [0.3, 0.4) is 0 Å². The molecule has 122 valence electrons. The summed E-state index contributed by atoms with van der Waals surface area (Å²) in [7, 11) is 0. The summed E-state index contributed by atoms with van der Waals surface area (Å²) in [6.45, 7) is 1.96. The van der Waals surface area contributed by atoms with Gasteiger partial charge in [-0.1, -0.05) is 36.4 Å². The predicted molar refractivity (Wildman–Crippen MR) is 98.5 cm³/mol. The van der Waals surface area contributed by atoms with Gasteiger partial charge < -0.3 is 10.6 Å². The lowest BCUT2D eigenvalue weighted by Gasteiger charge is -2.21. The van der Waals surface area contributed by atoms with E-state index in [0.717, 1.165) is 37.4 Å². The van der Waals surface area contributed by atoms with Crippen molar-refractivity contribution in [2.45, 2.75) is 18.9 Å². The summed E-state index contributed by atoms with van der Waals surface area (Å²) >= 11 is 1.77. The second-order valence-corrected chi connectivity index (χ2v) is 6.88. The van der Waals surface area contributed by atoms with Gasteiger partial charge in [0.05, 0.1) is 11.7 Å². The van der Waals surface area contributed by atoms with Gasteiger partial charge in [-0.2, -0.15) is 0 Å². The molecule has 0 bridgehead atoms. The molecule has 0 spiro atoms. The molecule has 5 heteroatoms. The number of hydrogen-bond donors (Lipinski definition) is 2. The molecule has 4 nitrogen and oxygen atoms in total. The molecule has 0 fully saturated rings. The lowest BCUT2D eigenvalue weighted by molar-refractivity contribution is 0.708. The van der Waals surface area contributed by atoms with Crippen LogP contribution in [0.2, 0.25) is 0 Å². The van der Waals surface area contributed by atoms with Crippen LogP contribution in [0.4, 0.5) is 5.82 Å². The third-order valence-corrected chi connectivity index (χ3v) is 5.30. The normalized spacial score (nSPS) is 15.3. The Kier molecular flexibility index (Phi) is 4.53. The molecule has 1 aromatic carbocycles. The van der Waals surface area contributed by atoms with Crippen LogP contribution in [0.1, 0.15) is 27.7 Å². The molecule has 0 aliphatic carbocycles. The minimum Gasteiger partial charge on any atom is -0.358 e. The Morgan fingerprint density at radius 2 is 1.88 bits per heavy atom.